The van der Waals surface area contributed by atoms with E-state index in [4.69, 9.17) is 0 Å². The van der Waals surface area contributed by atoms with E-state index < -0.39 is 0 Å². The van der Waals surface area contributed by atoms with Crippen molar-refractivity contribution in [3.05, 3.63) is 0 Å². The molecular formula is C15H28BrNO. The van der Waals surface area contributed by atoms with E-state index in [1.54, 1.807) is 0 Å². The van der Waals surface area contributed by atoms with Crippen LogP contribution in [0.2, 0.25) is 0 Å². The molecule has 0 aromatic heterocycles. The molecule has 0 saturated heterocycles. The first-order valence-electron chi connectivity index (χ1n) is 7.52. The summed E-state index contributed by atoms with van der Waals surface area (Å²) in [6.45, 7) is 4.29. The summed E-state index contributed by atoms with van der Waals surface area (Å²) >= 11 is 3.53. The second kappa shape index (κ2) is 8.19. The number of hydrogen-bond donors (Lipinski definition) is 1. The summed E-state index contributed by atoms with van der Waals surface area (Å²) < 4.78 is 0. The Hall–Kier alpha value is -0.0500. The summed E-state index contributed by atoms with van der Waals surface area (Å²) in [5, 5.41) is 4.08. The van der Waals surface area contributed by atoms with Gasteiger partial charge in [0.05, 0.1) is 0 Å². The topological polar surface area (TPSA) is 29.1 Å². The van der Waals surface area contributed by atoms with E-state index in [1.165, 1.54) is 32.1 Å². The van der Waals surface area contributed by atoms with Crippen molar-refractivity contribution in [3.63, 3.8) is 0 Å². The molecule has 0 heterocycles. The van der Waals surface area contributed by atoms with Crippen molar-refractivity contribution in [1.29, 1.82) is 0 Å². The molecule has 18 heavy (non-hydrogen) atoms. The molecule has 1 rings (SSSR count). The largest absolute Gasteiger partial charge is 0.350 e. The molecule has 1 saturated carbocycles. The lowest BCUT2D eigenvalue weighted by molar-refractivity contribution is -0.123. The average Bonchev–Trinajstić information content (AvgIpc) is 2.44. The molecule has 3 heteroatoms. The lowest BCUT2D eigenvalue weighted by Gasteiger charge is -2.31. The number of rotatable bonds is 7. The molecule has 106 valence electrons. The molecule has 1 N–H and O–H groups in total. The Morgan fingerprint density at radius 2 is 1.83 bits per heavy atom. The Morgan fingerprint density at radius 1 is 1.22 bits per heavy atom. The molecule has 0 unspecified atom stereocenters. The summed E-state index contributed by atoms with van der Waals surface area (Å²) in [7, 11) is 0. The standard InChI is InChI=1S/C15H28BrNO/c1-3-15(4-2,12-16)17-14(18)11-10-13-8-6-5-7-9-13/h13H,3-12H2,1-2H3,(H,17,18). The van der Waals surface area contributed by atoms with Crippen LogP contribution in [0.5, 0.6) is 0 Å². The third-order valence-corrected chi connectivity index (χ3v) is 5.59. The van der Waals surface area contributed by atoms with Crippen molar-refractivity contribution < 1.29 is 4.79 Å². The molecule has 2 nitrogen and oxygen atoms in total. The van der Waals surface area contributed by atoms with Crippen LogP contribution in [0.3, 0.4) is 0 Å². The molecule has 0 radical (unpaired) electrons. The maximum Gasteiger partial charge on any atom is 0.220 e. The molecule has 1 aliphatic carbocycles. The molecule has 1 aliphatic rings. The molecule has 1 amide bonds. The van der Waals surface area contributed by atoms with Crippen LogP contribution in [-0.2, 0) is 4.79 Å². The van der Waals surface area contributed by atoms with Crippen LogP contribution in [0.4, 0.5) is 0 Å². The van der Waals surface area contributed by atoms with Crippen LogP contribution in [0, 0.1) is 5.92 Å². The zero-order valence-electron chi connectivity index (χ0n) is 11.9. The number of amides is 1. The minimum absolute atomic E-state index is 0.0380. The van der Waals surface area contributed by atoms with Gasteiger partial charge in [-0.15, -0.1) is 0 Å². The third kappa shape index (κ3) is 4.91. The Labute approximate surface area is 120 Å². The van der Waals surface area contributed by atoms with E-state index in [-0.39, 0.29) is 11.4 Å². The monoisotopic (exact) mass is 317 g/mol. The summed E-state index contributed by atoms with van der Waals surface area (Å²) in [4.78, 5) is 12.0. The maximum absolute atomic E-state index is 12.0. The summed E-state index contributed by atoms with van der Waals surface area (Å²) in [6.07, 6.45) is 10.5. The normalized spacial score (nSPS) is 17.7. The minimum Gasteiger partial charge on any atom is -0.350 e. The maximum atomic E-state index is 12.0. The van der Waals surface area contributed by atoms with Gasteiger partial charge in [-0.3, -0.25) is 4.79 Å². The van der Waals surface area contributed by atoms with Crippen molar-refractivity contribution in [2.75, 3.05) is 5.33 Å². The molecular weight excluding hydrogens is 290 g/mol. The lowest BCUT2D eigenvalue weighted by Crippen LogP contribution is -2.49. The fourth-order valence-corrected chi connectivity index (χ4v) is 3.75. The van der Waals surface area contributed by atoms with Crippen LogP contribution in [0.25, 0.3) is 0 Å². The van der Waals surface area contributed by atoms with Crippen LogP contribution in [0.15, 0.2) is 0 Å². The van der Waals surface area contributed by atoms with Gasteiger partial charge in [-0.05, 0) is 25.2 Å². The van der Waals surface area contributed by atoms with Gasteiger partial charge in [-0.1, -0.05) is 61.9 Å². The van der Waals surface area contributed by atoms with E-state index in [0.717, 1.165) is 30.5 Å². The van der Waals surface area contributed by atoms with Crippen LogP contribution < -0.4 is 5.32 Å². The molecule has 0 atom stereocenters. The van der Waals surface area contributed by atoms with Gasteiger partial charge >= 0.3 is 0 Å². The Kier molecular flexibility index (Phi) is 7.28. The average molecular weight is 318 g/mol. The van der Waals surface area contributed by atoms with Crippen LogP contribution >= 0.6 is 15.9 Å². The van der Waals surface area contributed by atoms with Gasteiger partial charge in [0.2, 0.25) is 5.91 Å². The van der Waals surface area contributed by atoms with Crippen molar-refractivity contribution >= 4 is 21.8 Å². The lowest BCUT2D eigenvalue weighted by atomic mass is 9.86. The van der Waals surface area contributed by atoms with Crippen molar-refractivity contribution in [2.24, 2.45) is 5.92 Å². The van der Waals surface area contributed by atoms with Crippen LogP contribution in [-0.4, -0.2) is 16.8 Å². The highest BCUT2D eigenvalue weighted by Gasteiger charge is 2.26. The zero-order valence-corrected chi connectivity index (χ0v) is 13.5. The first-order chi connectivity index (χ1) is 8.65. The molecule has 0 aromatic rings. The van der Waals surface area contributed by atoms with E-state index in [0.29, 0.717) is 6.42 Å². The highest BCUT2D eigenvalue weighted by atomic mass is 79.9. The Bertz CT molecular complexity index is 237. The highest BCUT2D eigenvalue weighted by Crippen LogP contribution is 2.27. The van der Waals surface area contributed by atoms with Gasteiger partial charge in [0.15, 0.2) is 0 Å². The van der Waals surface area contributed by atoms with Gasteiger partial charge in [-0.2, -0.15) is 0 Å². The molecule has 0 spiro atoms. The van der Waals surface area contributed by atoms with Crippen molar-refractivity contribution in [2.45, 2.75) is 77.2 Å². The minimum atomic E-state index is -0.0380. The molecule has 0 aromatic carbocycles. The van der Waals surface area contributed by atoms with Crippen LogP contribution in [0.1, 0.15) is 71.6 Å². The fourth-order valence-electron chi connectivity index (χ4n) is 2.82. The van der Waals surface area contributed by atoms with Gasteiger partial charge < -0.3 is 5.32 Å². The van der Waals surface area contributed by atoms with E-state index in [9.17, 15) is 4.79 Å². The second-order valence-corrected chi connectivity index (χ2v) is 6.27. The smallest absolute Gasteiger partial charge is 0.220 e. The van der Waals surface area contributed by atoms with E-state index in [1.807, 2.05) is 0 Å². The van der Waals surface area contributed by atoms with E-state index >= 15 is 0 Å². The van der Waals surface area contributed by atoms with Gasteiger partial charge in [0.1, 0.15) is 0 Å². The number of hydrogen-bond acceptors (Lipinski definition) is 1. The van der Waals surface area contributed by atoms with Gasteiger partial charge in [0, 0.05) is 17.3 Å². The predicted octanol–water partition coefficient (Wildman–Crippen LogP) is 4.42. The third-order valence-electron chi connectivity index (χ3n) is 4.52. The first kappa shape index (κ1) is 16.0. The molecule has 1 fully saturated rings. The highest BCUT2D eigenvalue weighted by molar-refractivity contribution is 9.09. The number of halogens is 1. The summed E-state index contributed by atoms with van der Waals surface area (Å²) in [6, 6.07) is 0. The quantitative estimate of drug-likeness (QED) is 0.692. The predicted molar refractivity (Wildman–Crippen MR) is 81.1 cm³/mol. The van der Waals surface area contributed by atoms with Crippen molar-refractivity contribution in [1.82, 2.24) is 5.32 Å². The number of carbonyl (C=O) groups is 1. The van der Waals surface area contributed by atoms with Gasteiger partial charge in [-0.25, -0.2) is 0 Å². The fraction of sp³-hybridized carbons (Fsp3) is 0.933. The van der Waals surface area contributed by atoms with E-state index in [2.05, 4.69) is 35.1 Å². The van der Waals surface area contributed by atoms with Crippen molar-refractivity contribution in [3.8, 4) is 0 Å². The molecule has 0 aliphatic heterocycles. The number of carbonyl (C=O) groups excluding carboxylic acids is 1. The summed E-state index contributed by atoms with van der Waals surface area (Å²) in [5.41, 5.74) is -0.0380. The first-order valence-corrected chi connectivity index (χ1v) is 8.65. The SMILES string of the molecule is CCC(CC)(CBr)NC(=O)CCC1CCCCC1. The zero-order chi connectivity index (χ0) is 13.4. The second-order valence-electron chi connectivity index (χ2n) is 5.71. The number of nitrogens with one attached hydrogen (secondary N) is 1. The number of alkyl halides is 1. The Balaban J connectivity index is 2.31. The summed E-state index contributed by atoms with van der Waals surface area (Å²) in [5.74, 6) is 1.04. The van der Waals surface area contributed by atoms with Gasteiger partial charge in [0.25, 0.3) is 0 Å². The Morgan fingerprint density at radius 3 is 2.33 bits per heavy atom. The molecule has 0 bridgehead atoms.